The standard InChI is InChI=1S/C18H16BO2/c1-3-5-9-16-14-19-17-10-6-7-11-18(17)21-15(8-4-2)12-13-20-16/h3-14H,1-2H2/b9-5-,13-12+,15-8+,16-14-. The third-order valence-corrected chi connectivity index (χ3v) is 2.69. The highest BCUT2D eigenvalue weighted by molar-refractivity contribution is 6.59. The Morgan fingerprint density at radius 1 is 1.10 bits per heavy atom. The third kappa shape index (κ3) is 4.42. The lowest BCUT2D eigenvalue weighted by molar-refractivity contribution is 0.363. The summed E-state index contributed by atoms with van der Waals surface area (Å²) in [6, 6.07) is 7.81. The maximum atomic E-state index is 5.86. The van der Waals surface area contributed by atoms with Crippen molar-refractivity contribution in [2.75, 3.05) is 0 Å². The summed E-state index contributed by atoms with van der Waals surface area (Å²) in [5.41, 5.74) is 0.968. The molecule has 1 aliphatic rings. The Bertz CT molecular complexity index is 636. The van der Waals surface area contributed by atoms with Crippen LogP contribution < -0.4 is 10.2 Å². The number of allylic oxidation sites excluding steroid dienone is 6. The zero-order valence-corrected chi connectivity index (χ0v) is 11.7. The summed E-state index contributed by atoms with van der Waals surface area (Å²) < 4.78 is 11.4. The molecule has 1 aromatic carbocycles. The summed E-state index contributed by atoms with van der Waals surface area (Å²) in [4.78, 5) is 0. The van der Waals surface area contributed by atoms with Crippen molar-refractivity contribution < 1.29 is 9.47 Å². The maximum absolute atomic E-state index is 5.86. The topological polar surface area (TPSA) is 18.5 Å². The number of para-hydroxylation sites is 1. The van der Waals surface area contributed by atoms with E-state index in [-0.39, 0.29) is 0 Å². The van der Waals surface area contributed by atoms with Crippen LogP contribution in [0.15, 0.2) is 97.6 Å². The van der Waals surface area contributed by atoms with Crippen LogP contribution in [0.5, 0.6) is 5.75 Å². The fourth-order valence-corrected chi connectivity index (χ4v) is 1.73. The molecular weight excluding hydrogens is 259 g/mol. The van der Waals surface area contributed by atoms with E-state index in [4.69, 9.17) is 9.47 Å². The molecule has 0 N–H and O–H groups in total. The van der Waals surface area contributed by atoms with Crippen LogP contribution in [-0.4, -0.2) is 7.28 Å². The molecule has 2 rings (SSSR count). The van der Waals surface area contributed by atoms with Gasteiger partial charge in [0, 0.05) is 6.08 Å². The Morgan fingerprint density at radius 3 is 2.76 bits per heavy atom. The van der Waals surface area contributed by atoms with E-state index >= 15 is 0 Å². The number of hydrogen-bond acceptors (Lipinski definition) is 2. The molecule has 0 amide bonds. The molecule has 0 fully saturated rings. The van der Waals surface area contributed by atoms with Gasteiger partial charge < -0.3 is 9.47 Å². The van der Waals surface area contributed by atoms with Crippen molar-refractivity contribution in [1.82, 2.24) is 0 Å². The van der Waals surface area contributed by atoms with E-state index in [1.165, 1.54) is 0 Å². The minimum absolute atomic E-state index is 0.653. The number of fused-ring (bicyclic) bond motifs is 1. The van der Waals surface area contributed by atoms with Gasteiger partial charge in [-0.05, 0) is 23.7 Å². The van der Waals surface area contributed by atoms with Crippen LogP contribution in [0.25, 0.3) is 0 Å². The lowest BCUT2D eigenvalue weighted by Crippen LogP contribution is -2.16. The molecule has 1 aliphatic heterocycles. The number of hydrogen-bond donors (Lipinski definition) is 0. The summed E-state index contributed by atoms with van der Waals surface area (Å²) >= 11 is 0. The normalized spacial score (nSPS) is 20.2. The molecule has 1 radical (unpaired) electrons. The van der Waals surface area contributed by atoms with Crippen LogP contribution in [0.2, 0.25) is 0 Å². The minimum Gasteiger partial charge on any atom is -0.466 e. The highest BCUT2D eigenvalue weighted by atomic mass is 16.5. The van der Waals surface area contributed by atoms with E-state index in [0.29, 0.717) is 11.5 Å². The summed E-state index contributed by atoms with van der Waals surface area (Å²) in [5.74, 6) is 4.02. The van der Waals surface area contributed by atoms with E-state index in [2.05, 4.69) is 13.2 Å². The Kier molecular flexibility index (Phi) is 5.47. The van der Waals surface area contributed by atoms with Gasteiger partial charge in [-0.2, -0.15) is 0 Å². The van der Waals surface area contributed by atoms with E-state index in [9.17, 15) is 0 Å². The molecule has 1 heterocycles. The fourth-order valence-electron chi connectivity index (χ4n) is 1.73. The number of benzene rings is 1. The SMILES string of the molecule is C=C/C=C\C1=C\[B]c2ccccc2OC(=C/C=C)/C=C/O1. The number of rotatable bonds is 3. The Hall–Kier alpha value is -2.68. The molecule has 0 aromatic heterocycles. The second-order valence-electron chi connectivity index (χ2n) is 4.20. The van der Waals surface area contributed by atoms with Crippen LogP contribution in [0, 0.1) is 0 Å². The molecule has 0 saturated heterocycles. The number of ether oxygens (including phenoxy) is 2. The second kappa shape index (κ2) is 7.80. The van der Waals surface area contributed by atoms with Crippen LogP contribution in [0.4, 0.5) is 0 Å². The predicted octanol–water partition coefficient (Wildman–Crippen LogP) is 3.59. The van der Waals surface area contributed by atoms with Gasteiger partial charge in [0.2, 0.25) is 0 Å². The summed E-state index contributed by atoms with van der Waals surface area (Å²) in [6.45, 7) is 7.34. The van der Waals surface area contributed by atoms with Gasteiger partial charge in [-0.25, -0.2) is 0 Å². The van der Waals surface area contributed by atoms with Gasteiger partial charge in [0.1, 0.15) is 17.3 Å². The van der Waals surface area contributed by atoms with Gasteiger partial charge in [-0.1, -0.05) is 55.6 Å². The molecule has 0 atom stereocenters. The van der Waals surface area contributed by atoms with E-state index < -0.39 is 0 Å². The summed E-state index contributed by atoms with van der Waals surface area (Å²) in [5, 5.41) is 0. The average molecular weight is 275 g/mol. The van der Waals surface area contributed by atoms with Crippen molar-refractivity contribution in [1.29, 1.82) is 0 Å². The van der Waals surface area contributed by atoms with Gasteiger partial charge in [-0.15, -0.1) is 0 Å². The van der Waals surface area contributed by atoms with E-state index in [1.54, 1.807) is 30.6 Å². The van der Waals surface area contributed by atoms with E-state index in [1.807, 2.05) is 49.7 Å². The highest BCUT2D eigenvalue weighted by Gasteiger charge is 2.07. The smallest absolute Gasteiger partial charge is 0.191 e. The zero-order valence-electron chi connectivity index (χ0n) is 11.7. The van der Waals surface area contributed by atoms with Crippen LogP contribution in [0.1, 0.15) is 0 Å². The summed E-state index contributed by atoms with van der Waals surface area (Å²) in [6.07, 6.45) is 12.1. The monoisotopic (exact) mass is 275 g/mol. The second-order valence-corrected chi connectivity index (χ2v) is 4.20. The first-order valence-corrected chi connectivity index (χ1v) is 6.60. The molecule has 103 valence electrons. The van der Waals surface area contributed by atoms with Crippen molar-refractivity contribution in [3.8, 4) is 5.75 Å². The largest absolute Gasteiger partial charge is 0.466 e. The fraction of sp³-hybridized carbons (Fsp3) is 0. The van der Waals surface area contributed by atoms with E-state index in [0.717, 1.165) is 11.2 Å². The average Bonchev–Trinajstić information content (AvgIpc) is 2.51. The van der Waals surface area contributed by atoms with Gasteiger partial charge in [0.25, 0.3) is 0 Å². The lowest BCUT2D eigenvalue weighted by atomic mass is 9.69. The first-order valence-electron chi connectivity index (χ1n) is 6.60. The van der Waals surface area contributed by atoms with Gasteiger partial charge in [0.15, 0.2) is 7.28 Å². The summed E-state index contributed by atoms with van der Waals surface area (Å²) in [7, 11) is 1.95. The lowest BCUT2D eigenvalue weighted by Gasteiger charge is -2.12. The van der Waals surface area contributed by atoms with Crippen molar-refractivity contribution in [3.05, 3.63) is 97.6 Å². The molecular formula is C18H16BO2. The van der Waals surface area contributed by atoms with Crippen LogP contribution in [0.3, 0.4) is 0 Å². The van der Waals surface area contributed by atoms with Crippen LogP contribution in [-0.2, 0) is 4.74 Å². The molecule has 0 spiro atoms. The van der Waals surface area contributed by atoms with Crippen molar-refractivity contribution in [3.63, 3.8) is 0 Å². The molecule has 2 nitrogen and oxygen atoms in total. The van der Waals surface area contributed by atoms with Crippen molar-refractivity contribution >= 4 is 12.7 Å². The maximum Gasteiger partial charge on any atom is 0.191 e. The van der Waals surface area contributed by atoms with Gasteiger partial charge >= 0.3 is 0 Å². The predicted molar refractivity (Wildman–Crippen MR) is 88.4 cm³/mol. The quantitative estimate of drug-likeness (QED) is 0.620. The Balaban J connectivity index is 2.39. The minimum atomic E-state index is 0.653. The highest BCUT2D eigenvalue weighted by Crippen LogP contribution is 2.14. The molecule has 0 saturated carbocycles. The van der Waals surface area contributed by atoms with Crippen LogP contribution >= 0.6 is 0 Å². The first kappa shape index (κ1) is 14.7. The molecule has 0 bridgehead atoms. The van der Waals surface area contributed by atoms with Gasteiger partial charge in [-0.3, -0.25) is 0 Å². The van der Waals surface area contributed by atoms with Crippen molar-refractivity contribution in [2.24, 2.45) is 0 Å². The zero-order chi connectivity index (χ0) is 14.9. The Labute approximate surface area is 126 Å². The molecule has 21 heavy (non-hydrogen) atoms. The van der Waals surface area contributed by atoms with Crippen molar-refractivity contribution in [2.45, 2.75) is 0 Å². The van der Waals surface area contributed by atoms with Gasteiger partial charge in [0.05, 0.1) is 6.26 Å². The first-order chi connectivity index (χ1) is 10.3. The third-order valence-electron chi connectivity index (χ3n) is 2.69. The molecule has 1 aromatic rings. The Morgan fingerprint density at radius 2 is 1.95 bits per heavy atom. The molecule has 0 unspecified atom stereocenters. The molecule has 0 aliphatic carbocycles. The molecule has 3 heteroatoms.